The number of piperidine rings is 1. The van der Waals surface area contributed by atoms with E-state index in [1.54, 1.807) is 13.3 Å². The van der Waals surface area contributed by atoms with Gasteiger partial charge in [-0.15, -0.1) is 0 Å². The lowest BCUT2D eigenvalue weighted by atomic mass is 9.96. The Labute approximate surface area is 204 Å². The highest BCUT2D eigenvalue weighted by Crippen LogP contribution is 2.29. The van der Waals surface area contributed by atoms with Gasteiger partial charge in [-0.2, -0.15) is 0 Å². The number of ether oxygens (including phenoxy) is 1. The number of carbonyl (C=O) groups is 1. The normalized spacial score (nSPS) is 18.9. The summed E-state index contributed by atoms with van der Waals surface area (Å²) in [5.74, 6) is 2.04. The van der Waals surface area contributed by atoms with Crippen LogP contribution in [0, 0.1) is 5.92 Å². The van der Waals surface area contributed by atoms with E-state index in [9.17, 15) is 4.79 Å². The lowest BCUT2D eigenvalue weighted by Crippen LogP contribution is -2.52. The van der Waals surface area contributed by atoms with Gasteiger partial charge in [0.15, 0.2) is 11.5 Å². The Bertz CT molecular complexity index is 1340. The SMILES string of the molecule is COc1ccc(N2CCN(C(=O)C3CCCN(c4nc5ncccc5n5cccc45)C3)CC2)cc1. The average Bonchev–Trinajstić information content (AvgIpc) is 3.43. The molecule has 0 saturated carbocycles. The Hall–Kier alpha value is -3.81. The van der Waals surface area contributed by atoms with Gasteiger partial charge < -0.3 is 23.8 Å². The summed E-state index contributed by atoms with van der Waals surface area (Å²) in [5.41, 5.74) is 3.96. The van der Waals surface area contributed by atoms with Gasteiger partial charge in [-0.25, -0.2) is 9.97 Å². The Kier molecular flexibility index (Phi) is 5.64. The molecular formula is C27H30N6O2. The van der Waals surface area contributed by atoms with Crippen LogP contribution >= 0.6 is 0 Å². The molecule has 5 heterocycles. The number of anilines is 2. The van der Waals surface area contributed by atoms with Crippen molar-refractivity contribution in [1.82, 2.24) is 19.3 Å². The number of hydrogen-bond acceptors (Lipinski definition) is 6. The molecule has 2 aliphatic rings. The first-order chi connectivity index (χ1) is 17.2. The van der Waals surface area contributed by atoms with Crippen molar-refractivity contribution in [3.05, 3.63) is 60.9 Å². The Morgan fingerprint density at radius 2 is 1.74 bits per heavy atom. The number of rotatable bonds is 4. The van der Waals surface area contributed by atoms with Gasteiger partial charge in [-0.05, 0) is 61.4 Å². The van der Waals surface area contributed by atoms with Gasteiger partial charge in [-0.1, -0.05) is 0 Å². The molecule has 1 unspecified atom stereocenters. The lowest BCUT2D eigenvalue weighted by molar-refractivity contribution is -0.136. The van der Waals surface area contributed by atoms with Gasteiger partial charge in [0.05, 0.1) is 24.1 Å². The lowest BCUT2D eigenvalue weighted by Gasteiger charge is -2.40. The van der Waals surface area contributed by atoms with Crippen LogP contribution in [0.2, 0.25) is 0 Å². The van der Waals surface area contributed by atoms with E-state index in [1.165, 1.54) is 5.69 Å². The number of amides is 1. The average molecular weight is 471 g/mol. The highest BCUT2D eigenvalue weighted by Gasteiger charge is 2.32. The Morgan fingerprint density at radius 3 is 2.54 bits per heavy atom. The minimum atomic E-state index is -0.00692. The van der Waals surface area contributed by atoms with Crippen LogP contribution in [0.1, 0.15) is 12.8 Å². The fraction of sp³-hybridized carbons (Fsp3) is 0.370. The Morgan fingerprint density at radius 1 is 0.943 bits per heavy atom. The topological polar surface area (TPSA) is 66.2 Å². The number of aromatic nitrogens is 3. The summed E-state index contributed by atoms with van der Waals surface area (Å²) < 4.78 is 7.42. The number of hydrogen-bond donors (Lipinski definition) is 0. The summed E-state index contributed by atoms with van der Waals surface area (Å²) >= 11 is 0. The molecule has 0 radical (unpaired) electrons. The standard InChI is InChI=1S/C27H30N6O2/c1-35-22-10-8-21(9-11-22)30-15-17-31(18-16-30)27(34)20-5-3-13-32(19-20)26-24-7-4-14-33(24)23-6-2-12-28-25(23)29-26/h2,4,6-12,14,20H,3,5,13,15-19H2,1H3. The van der Waals surface area contributed by atoms with E-state index in [0.29, 0.717) is 6.54 Å². The second-order valence-electron chi connectivity index (χ2n) is 9.34. The summed E-state index contributed by atoms with van der Waals surface area (Å²) in [6.07, 6.45) is 5.75. The predicted octanol–water partition coefficient (Wildman–Crippen LogP) is 3.46. The van der Waals surface area contributed by atoms with Gasteiger partial charge in [0, 0.05) is 57.3 Å². The fourth-order valence-corrected chi connectivity index (χ4v) is 5.43. The van der Waals surface area contributed by atoms with E-state index in [2.05, 4.69) is 48.5 Å². The van der Waals surface area contributed by atoms with Crippen molar-refractivity contribution < 1.29 is 9.53 Å². The molecular weight excluding hydrogens is 440 g/mol. The number of methoxy groups -OCH3 is 1. The first-order valence-electron chi connectivity index (χ1n) is 12.4. The number of benzene rings is 1. The number of fused-ring (bicyclic) bond motifs is 3. The zero-order valence-corrected chi connectivity index (χ0v) is 20.0. The molecule has 1 atom stereocenters. The molecule has 0 aliphatic carbocycles. The third-order valence-electron chi connectivity index (χ3n) is 7.31. The van der Waals surface area contributed by atoms with Crippen molar-refractivity contribution in [3.63, 3.8) is 0 Å². The summed E-state index contributed by atoms with van der Waals surface area (Å²) in [7, 11) is 1.68. The number of pyridine rings is 1. The van der Waals surface area contributed by atoms with Crippen LogP contribution in [0.15, 0.2) is 60.9 Å². The van der Waals surface area contributed by atoms with Crippen LogP contribution in [0.5, 0.6) is 5.75 Å². The Balaban J connectivity index is 1.15. The molecule has 180 valence electrons. The van der Waals surface area contributed by atoms with E-state index >= 15 is 0 Å². The summed E-state index contributed by atoms with van der Waals surface area (Å²) in [6.45, 7) is 4.80. The highest BCUT2D eigenvalue weighted by molar-refractivity contribution is 5.84. The molecule has 2 saturated heterocycles. The first-order valence-corrected chi connectivity index (χ1v) is 12.4. The zero-order valence-electron chi connectivity index (χ0n) is 20.0. The summed E-state index contributed by atoms with van der Waals surface area (Å²) in [5, 5.41) is 0. The van der Waals surface area contributed by atoms with Gasteiger partial charge in [0.25, 0.3) is 0 Å². The molecule has 3 aromatic heterocycles. The highest BCUT2D eigenvalue weighted by atomic mass is 16.5. The van der Waals surface area contributed by atoms with Gasteiger partial charge >= 0.3 is 0 Å². The molecule has 35 heavy (non-hydrogen) atoms. The van der Waals surface area contributed by atoms with E-state index in [0.717, 1.165) is 73.8 Å². The van der Waals surface area contributed by atoms with Crippen LogP contribution in [0.25, 0.3) is 16.7 Å². The van der Waals surface area contributed by atoms with Crippen molar-refractivity contribution >= 4 is 34.1 Å². The maximum atomic E-state index is 13.5. The maximum Gasteiger partial charge on any atom is 0.227 e. The van der Waals surface area contributed by atoms with Crippen molar-refractivity contribution in [2.24, 2.45) is 5.92 Å². The molecule has 0 N–H and O–H groups in total. The van der Waals surface area contributed by atoms with Crippen molar-refractivity contribution in [3.8, 4) is 5.75 Å². The van der Waals surface area contributed by atoms with Gasteiger partial charge in [-0.3, -0.25) is 4.79 Å². The van der Waals surface area contributed by atoms with Gasteiger partial charge in [0.1, 0.15) is 5.75 Å². The smallest absolute Gasteiger partial charge is 0.227 e. The minimum Gasteiger partial charge on any atom is -0.497 e. The second-order valence-corrected chi connectivity index (χ2v) is 9.34. The van der Waals surface area contributed by atoms with E-state index in [4.69, 9.17) is 9.72 Å². The van der Waals surface area contributed by atoms with Crippen LogP contribution in [-0.4, -0.2) is 71.6 Å². The van der Waals surface area contributed by atoms with Crippen LogP contribution < -0.4 is 14.5 Å². The maximum absolute atomic E-state index is 13.5. The van der Waals surface area contributed by atoms with Crippen molar-refractivity contribution in [2.75, 3.05) is 56.2 Å². The van der Waals surface area contributed by atoms with Crippen LogP contribution in [-0.2, 0) is 4.79 Å². The minimum absolute atomic E-state index is 0.00692. The molecule has 1 amide bonds. The molecule has 2 fully saturated rings. The molecule has 1 aromatic carbocycles. The quantitative estimate of drug-likeness (QED) is 0.455. The molecule has 2 aliphatic heterocycles. The van der Waals surface area contributed by atoms with Crippen LogP contribution in [0.3, 0.4) is 0 Å². The largest absolute Gasteiger partial charge is 0.497 e. The number of piperazine rings is 1. The van der Waals surface area contributed by atoms with E-state index < -0.39 is 0 Å². The fourth-order valence-electron chi connectivity index (χ4n) is 5.43. The summed E-state index contributed by atoms with van der Waals surface area (Å²) in [4.78, 5) is 29.6. The monoisotopic (exact) mass is 470 g/mol. The third-order valence-corrected chi connectivity index (χ3v) is 7.31. The first kappa shape index (κ1) is 21.7. The van der Waals surface area contributed by atoms with Gasteiger partial charge in [0.2, 0.25) is 5.91 Å². The zero-order chi connectivity index (χ0) is 23.8. The molecule has 8 nitrogen and oxygen atoms in total. The number of carbonyl (C=O) groups excluding carboxylic acids is 1. The second kappa shape index (κ2) is 9.09. The molecule has 0 spiro atoms. The van der Waals surface area contributed by atoms with Crippen LogP contribution in [0.4, 0.5) is 11.5 Å². The predicted molar refractivity (Wildman–Crippen MR) is 137 cm³/mol. The van der Waals surface area contributed by atoms with E-state index in [1.807, 2.05) is 30.3 Å². The molecule has 8 heteroatoms. The molecule has 6 rings (SSSR count). The molecule has 4 aromatic rings. The molecule has 0 bridgehead atoms. The van der Waals surface area contributed by atoms with E-state index in [-0.39, 0.29) is 11.8 Å². The van der Waals surface area contributed by atoms with Crippen molar-refractivity contribution in [1.29, 1.82) is 0 Å². The van der Waals surface area contributed by atoms with Crippen molar-refractivity contribution in [2.45, 2.75) is 12.8 Å². The summed E-state index contributed by atoms with van der Waals surface area (Å²) in [6, 6.07) is 16.3. The third kappa shape index (κ3) is 4.03. The number of nitrogens with zero attached hydrogens (tertiary/aromatic N) is 6.